The summed E-state index contributed by atoms with van der Waals surface area (Å²) in [6.07, 6.45) is -4.62. The smallest absolute Gasteiger partial charge is 0.433 e. The molecule has 22 heavy (non-hydrogen) atoms. The molecule has 0 bridgehead atoms. The van der Waals surface area contributed by atoms with E-state index in [-0.39, 0.29) is 5.69 Å². The Morgan fingerprint density at radius 2 is 1.91 bits per heavy atom. The maximum absolute atomic E-state index is 12.9. The molecular weight excluding hydrogens is 315 g/mol. The molecule has 3 nitrogen and oxygen atoms in total. The van der Waals surface area contributed by atoms with E-state index >= 15 is 0 Å². The van der Waals surface area contributed by atoms with Crippen molar-refractivity contribution in [3.05, 3.63) is 59.4 Å². The Balaban J connectivity index is 2.27. The van der Waals surface area contributed by atoms with Gasteiger partial charge in [0.05, 0.1) is 7.11 Å². The molecule has 1 aromatic carbocycles. The van der Waals surface area contributed by atoms with Crippen LogP contribution >= 0.6 is 11.8 Å². The van der Waals surface area contributed by atoms with E-state index in [1.165, 1.54) is 17.8 Å². The lowest BCUT2D eigenvalue weighted by molar-refractivity contribution is -0.141. The molecule has 0 fully saturated rings. The summed E-state index contributed by atoms with van der Waals surface area (Å²) in [5, 5.41) is 0. The van der Waals surface area contributed by atoms with Gasteiger partial charge in [0.15, 0.2) is 0 Å². The Bertz CT molecular complexity index is 660. The number of esters is 1. The van der Waals surface area contributed by atoms with Crippen LogP contribution in [-0.2, 0) is 16.7 Å². The third kappa shape index (κ3) is 4.24. The van der Waals surface area contributed by atoms with Crippen molar-refractivity contribution in [2.75, 3.05) is 7.11 Å². The number of rotatable bonds is 4. The van der Waals surface area contributed by atoms with Crippen LogP contribution in [-0.4, -0.2) is 18.1 Å². The average molecular weight is 327 g/mol. The first-order valence-corrected chi connectivity index (χ1v) is 7.23. The zero-order chi connectivity index (χ0) is 16.2. The summed E-state index contributed by atoms with van der Waals surface area (Å²) < 4.78 is 43.0. The quantitative estimate of drug-likeness (QED) is 0.624. The number of benzene rings is 1. The Labute approximate surface area is 129 Å². The zero-order valence-electron chi connectivity index (χ0n) is 11.6. The Hall–Kier alpha value is -2.02. The van der Waals surface area contributed by atoms with E-state index in [0.29, 0.717) is 10.6 Å². The first-order valence-electron chi connectivity index (χ1n) is 6.24. The maximum Gasteiger partial charge on any atom is 0.433 e. The van der Waals surface area contributed by atoms with E-state index in [1.54, 1.807) is 0 Å². The first-order chi connectivity index (χ1) is 10.4. The fourth-order valence-corrected chi connectivity index (χ4v) is 2.60. The van der Waals surface area contributed by atoms with Gasteiger partial charge in [-0.3, -0.25) is 0 Å². The molecule has 0 amide bonds. The summed E-state index contributed by atoms with van der Waals surface area (Å²) in [7, 11) is 1.10. The number of ether oxygens (including phenoxy) is 1. The number of pyridine rings is 1. The second kappa shape index (κ2) is 6.83. The van der Waals surface area contributed by atoms with Gasteiger partial charge in [-0.15, -0.1) is 11.8 Å². The van der Waals surface area contributed by atoms with Crippen molar-refractivity contribution in [1.82, 2.24) is 4.98 Å². The van der Waals surface area contributed by atoms with Gasteiger partial charge >= 0.3 is 12.1 Å². The van der Waals surface area contributed by atoms with Crippen molar-refractivity contribution in [1.29, 1.82) is 0 Å². The summed E-state index contributed by atoms with van der Waals surface area (Å²) >= 11 is 1.20. The minimum absolute atomic E-state index is 0.312. The molecule has 0 saturated carbocycles. The predicted octanol–water partition coefficient (Wildman–Crippen LogP) is 4.18. The summed E-state index contributed by atoms with van der Waals surface area (Å²) in [6, 6.07) is 11.5. The fourth-order valence-electron chi connectivity index (χ4n) is 1.68. The normalized spacial score (nSPS) is 11.3. The SMILES string of the molecule is COC(=O)c1cc(SCc2ccccc2)cc(C(F)(F)F)n1. The summed E-state index contributed by atoms with van der Waals surface area (Å²) in [4.78, 5) is 15.1. The predicted molar refractivity (Wildman–Crippen MR) is 76.6 cm³/mol. The van der Waals surface area contributed by atoms with Gasteiger partial charge in [-0.1, -0.05) is 30.3 Å². The summed E-state index contributed by atoms with van der Waals surface area (Å²) in [6.45, 7) is 0. The Kier molecular flexibility index (Phi) is 5.07. The number of carbonyl (C=O) groups is 1. The molecule has 2 rings (SSSR count). The van der Waals surface area contributed by atoms with Crippen LogP contribution in [0, 0.1) is 0 Å². The minimum Gasteiger partial charge on any atom is -0.464 e. The zero-order valence-corrected chi connectivity index (χ0v) is 12.4. The van der Waals surface area contributed by atoms with Gasteiger partial charge in [0, 0.05) is 10.6 Å². The number of methoxy groups -OCH3 is 1. The van der Waals surface area contributed by atoms with Gasteiger partial charge < -0.3 is 4.74 Å². The molecular formula is C15H12F3NO2S. The molecule has 0 unspecified atom stereocenters. The van der Waals surface area contributed by atoms with E-state index in [9.17, 15) is 18.0 Å². The molecule has 0 aliphatic carbocycles. The van der Waals surface area contributed by atoms with Crippen molar-refractivity contribution in [2.45, 2.75) is 16.8 Å². The Morgan fingerprint density at radius 3 is 2.50 bits per heavy atom. The van der Waals surface area contributed by atoms with Gasteiger partial charge in [-0.2, -0.15) is 13.2 Å². The number of aromatic nitrogens is 1. The van der Waals surface area contributed by atoms with E-state index in [0.717, 1.165) is 18.7 Å². The summed E-state index contributed by atoms with van der Waals surface area (Å²) in [5.74, 6) is -0.407. The molecule has 1 aromatic heterocycles. The molecule has 1 heterocycles. The van der Waals surface area contributed by atoms with Gasteiger partial charge in [-0.25, -0.2) is 9.78 Å². The largest absolute Gasteiger partial charge is 0.464 e. The van der Waals surface area contributed by atoms with Crippen LogP contribution in [0.1, 0.15) is 21.7 Å². The van der Waals surface area contributed by atoms with Crippen molar-refractivity contribution in [3.63, 3.8) is 0 Å². The highest BCUT2D eigenvalue weighted by Gasteiger charge is 2.34. The highest BCUT2D eigenvalue weighted by molar-refractivity contribution is 7.98. The van der Waals surface area contributed by atoms with Crippen molar-refractivity contribution < 1.29 is 22.7 Å². The first kappa shape index (κ1) is 16.4. The number of hydrogen-bond acceptors (Lipinski definition) is 4. The summed E-state index contributed by atoms with van der Waals surface area (Å²) in [5.41, 5.74) is -0.490. The second-order valence-corrected chi connectivity index (χ2v) is 5.39. The lowest BCUT2D eigenvalue weighted by atomic mass is 10.2. The molecule has 0 radical (unpaired) electrons. The van der Waals surface area contributed by atoms with Crippen LogP contribution in [0.2, 0.25) is 0 Å². The van der Waals surface area contributed by atoms with Crippen LogP contribution in [0.4, 0.5) is 13.2 Å². The molecule has 0 N–H and O–H groups in total. The fraction of sp³-hybridized carbons (Fsp3) is 0.200. The molecule has 116 valence electrons. The number of halogens is 3. The third-order valence-electron chi connectivity index (χ3n) is 2.73. The van der Waals surface area contributed by atoms with Crippen LogP contribution in [0.5, 0.6) is 0 Å². The molecule has 7 heteroatoms. The second-order valence-electron chi connectivity index (χ2n) is 4.34. The van der Waals surface area contributed by atoms with E-state index in [4.69, 9.17) is 0 Å². The monoisotopic (exact) mass is 327 g/mol. The van der Waals surface area contributed by atoms with Crippen molar-refractivity contribution in [2.24, 2.45) is 0 Å². The van der Waals surface area contributed by atoms with Crippen LogP contribution in [0.3, 0.4) is 0 Å². The van der Waals surface area contributed by atoms with Crippen LogP contribution in [0.25, 0.3) is 0 Å². The average Bonchev–Trinajstić information content (AvgIpc) is 2.52. The van der Waals surface area contributed by atoms with Crippen LogP contribution in [0.15, 0.2) is 47.4 Å². The molecule has 0 atom stereocenters. The van der Waals surface area contributed by atoms with Gasteiger partial charge in [0.1, 0.15) is 11.4 Å². The highest BCUT2D eigenvalue weighted by atomic mass is 32.2. The van der Waals surface area contributed by atoms with Crippen molar-refractivity contribution in [3.8, 4) is 0 Å². The molecule has 2 aromatic rings. The standard InChI is InChI=1S/C15H12F3NO2S/c1-21-14(20)12-7-11(8-13(19-12)15(16,17)18)22-9-10-5-3-2-4-6-10/h2-8H,9H2,1H3. The van der Waals surface area contributed by atoms with Crippen LogP contribution < -0.4 is 0 Å². The highest BCUT2D eigenvalue weighted by Crippen LogP contribution is 2.32. The molecule has 0 spiro atoms. The number of hydrogen-bond donors (Lipinski definition) is 0. The Morgan fingerprint density at radius 1 is 1.23 bits per heavy atom. The van der Waals surface area contributed by atoms with E-state index in [2.05, 4.69) is 9.72 Å². The number of alkyl halides is 3. The van der Waals surface area contributed by atoms with Crippen molar-refractivity contribution >= 4 is 17.7 Å². The minimum atomic E-state index is -4.62. The van der Waals surface area contributed by atoms with Gasteiger partial charge in [0.25, 0.3) is 0 Å². The topological polar surface area (TPSA) is 39.2 Å². The van der Waals surface area contributed by atoms with Gasteiger partial charge in [0.2, 0.25) is 0 Å². The van der Waals surface area contributed by atoms with Gasteiger partial charge in [-0.05, 0) is 17.7 Å². The molecule has 0 saturated heterocycles. The number of nitrogens with zero attached hydrogens (tertiary/aromatic N) is 1. The van der Waals surface area contributed by atoms with E-state index in [1.807, 2.05) is 30.3 Å². The lowest BCUT2D eigenvalue weighted by Crippen LogP contribution is -2.13. The number of carbonyl (C=O) groups excluding carboxylic acids is 1. The maximum atomic E-state index is 12.9. The van der Waals surface area contributed by atoms with E-state index < -0.39 is 17.8 Å². The number of thioether (sulfide) groups is 1. The lowest BCUT2D eigenvalue weighted by Gasteiger charge is -2.10. The molecule has 0 aliphatic rings. The third-order valence-corrected chi connectivity index (χ3v) is 3.78. The molecule has 0 aliphatic heterocycles.